The van der Waals surface area contributed by atoms with Crippen LogP contribution in [0, 0.1) is 5.92 Å². The molecule has 0 bridgehead atoms. The first-order valence-corrected chi connectivity index (χ1v) is 7.61. The second-order valence-corrected chi connectivity index (χ2v) is 6.38. The third kappa shape index (κ3) is 5.16. The van der Waals surface area contributed by atoms with Gasteiger partial charge in [0.05, 0.1) is 4.90 Å². The van der Waals surface area contributed by atoms with E-state index in [4.69, 9.17) is 9.66 Å². The molecule has 0 aliphatic rings. The van der Waals surface area contributed by atoms with Gasteiger partial charge in [-0.2, -0.15) is 8.42 Å². The molecule has 0 unspecified atom stereocenters. The van der Waals surface area contributed by atoms with E-state index in [9.17, 15) is 18.3 Å². The highest BCUT2D eigenvalue weighted by molar-refractivity contribution is 7.85. The third-order valence-corrected chi connectivity index (χ3v) is 3.52. The van der Waals surface area contributed by atoms with Crippen LogP contribution in [0.5, 0.6) is 5.75 Å². The molecule has 0 heterocycles. The Morgan fingerprint density at radius 1 is 1.38 bits per heavy atom. The van der Waals surface area contributed by atoms with E-state index in [-0.39, 0.29) is 17.2 Å². The molecule has 1 aromatic carbocycles. The maximum atomic E-state index is 11.1. The standard InChI is InChI=1S/C13H17NO6S/c1-8(2)5-11(13(16)17)14-7-9-6-10(21(18,19)20)3-4-12(9)15/h3-4,6-8,11,15H,5H2,1-2H3,(H,16,17)(H,18,19,20)/t11-/m0/s1. The molecule has 0 amide bonds. The van der Waals surface area contributed by atoms with Crippen molar-refractivity contribution in [2.24, 2.45) is 10.9 Å². The molecule has 0 aliphatic heterocycles. The van der Waals surface area contributed by atoms with Crippen molar-refractivity contribution in [1.29, 1.82) is 0 Å². The molecule has 0 aromatic heterocycles. The molecule has 7 nitrogen and oxygen atoms in total. The summed E-state index contributed by atoms with van der Waals surface area (Å²) in [5.41, 5.74) is 0.0140. The number of carboxylic acids is 1. The van der Waals surface area contributed by atoms with Gasteiger partial charge in [-0.15, -0.1) is 0 Å². The summed E-state index contributed by atoms with van der Waals surface area (Å²) in [4.78, 5) is 14.5. The Morgan fingerprint density at radius 2 is 2.00 bits per heavy atom. The molecular weight excluding hydrogens is 298 g/mol. The summed E-state index contributed by atoms with van der Waals surface area (Å²) in [7, 11) is -4.41. The van der Waals surface area contributed by atoms with Gasteiger partial charge < -0.3 is 10.2 Å². The van der Waals surface area contributed by atoms with Gasteiger partial charge in [-0.25, -0.2) is 4.79 Å². The molecule has 1 rings (SSSR count). The first-order chi connectivity index (χ1) is 9.61. The van der Waals surface area contributed by atoms with Crippen molar-refractivity contribution >= 4 is 22.3 Å². The van der Waals surface area contributed by atoms with Crippen molar-refractivity contribution in [3.8, 4) is 5.75 Å². The molecule has 3 N–H and O–H groups in total. The Labute approximate surface area is 122 Å². The number of benzene rings is 1. The number of phenols is 1. The summed E-state index contributed by atoms with van der Waals surface area (Å²) in [5.74, 6) is -1.26. The van der Waals surface area contributed by atoms with Crippen molar-refractivity contribution in [3.05, 3.63) is 23.8 Å². The van der Waals surface area contributed by atoms with Crippen LogP contribution in [0.15, 0.2) is 28.1 Å². The van der Waals surface area contributed by atoms with E-state index >= 15 is 0 Å². The zero-order valence-corrected chi connectivity index (χ0v) is 12.4. The van der Waals surface area contributed by atoms with Crippen LogP contribution in [-0.4, -0.2) is 41.4 Å². The molecule has 0 fully saturated rings. The highest BCUT2D eigenvalue weighted by Gasteiger charge is 2.17. The maximum Gasteiger partial charge on any atom is 0.328 e. The number of phenolic OH excluding ortho intramolecular Hbond substituents is 1. The van der Waals surface area contributed by atoms with Crippen LogP contribution < -0.4 is 0 Å². The van der Waals surface area contributed by atoms with Gasteiger partial charge in [0.25, 0.3) is 10.1 Å². The maximum absolute atomic E-state index is 11.1. The molecular formula is C13H17NO6S. The minimum Gasteiger partial charge on any atom is -0.507 e. The summed E-state index contributed by atoms with van der Waals surface area (Å²) in [6, 6.07) is 2.15. The van der Waals surface area contributed by atoms with Crippen LogP contribution >= 0.6 is 0 Å². The minimum absolute atomic E-state index is 0.0140. The lowest BCUT2D eigenvalue weighted by atomic mass is 10.0. The van der Waals surface area contributed by atoms with E-state index < -0.39 is 27.0 Å². The molecule has 21 heavy (non-hydrogen) atoms. The van der Waals surface area contributed by atoms with Crippen LogP contribution in [0.25, 0.3) is 0 Å². The zero-order valence-electron chi connectivity index (χ0n) is 11.6. The highest BCUT2D eigenvalue weighted by Crippen LogP contribution is 2.20. The SMILES string of the molecule is CC(C)C[C@H](N=Cc1cc(S(=O)(=O)O)ccc1O)C(=O)O. The van der Waals surface area contributed by atoms with Gasteiger partial charge in [0.1, 0.15) is 11.8 Å². The molecule has 0 spiro atoms. The lowest BCUT2D eigenvalue weighted by Gasteiger charge is -2.10. The van der Waals surface area contributed by atoms with Crippen molar-refractivity contribution in [3.63, 3.8) is 0 Å². The zero-order chi connectivity index (χ0) is 16.2. The van der Waals surface area contributed by atoms with Crippen LogP contribution in [0.2, 0.25) is 0 Å². The van der Waals surface area contributed by atoms with Gasteiger partial charge in [-0.05, 0) is 30.5 Å². The first kappa shape index (κ1) is 17.1. The molecule has 0 aliphatic carbocycles. The van der Waals surface area contributed by atoms with Gasteiger partial charge in [0.15, 0.2) is 0 Å². The van der Waals surface area contributed by atoms with Crippen molar-refractivity contribution in [2.45, 2.75) is 31.2 Å². The number of aromatic hydroxyl groups is 1. The molecule has 0 radical (unpaired) electrons. The number of hydrogen-bond donors (Lipinski definition) is 3. The van der Waals surface area contributed by atoms with Crippen molar-refractivity contribution in [2.75, 3.05) is 0 Å². The van der Waals surface area contributed by atoms with E-state index in [0.29, 0.717) is 6.42 Å². The Morgan fingerprint density at radius 3 is 2.48 bits per heavy atom. The largest absolute Gasteiger partial charge is 0.507 e. The van der Waals surface area contributed by atoms with Gasteiger partial charge in [-0.3, -0.25) is 9.55 Å². The number of aliphatic carboxylic acids is 1. The van der Waals surface area contributed by atoms with E-state index in [0.717, 1.165) is 24.4 Å². The fraction of sp³-hybridized carbons (Fsp3) is 0.385. The summed E-state index contributed by atoms with van der Waals surface area (Å²) in [6.45, 7) is 3.70. The molecule has 0 saturated heterocycles. The molecule has 8 heteroatoms. The predicted octanol–water partition coefficient (Wildman–Crippen LogP) is 1.56. The van der Waals surface area contributed by atoms with Gasteiger partial charge in [-0.1, -0.05) is 13.8 Å². The van der Waals surface area contributed by atoms with E-state index in [1.807, 2.05) is 13.8 Å². The van der Waals surface area contributed by atoms with Crippen LogP contribution in [-0.2, 0) is 14.9 Å². The third-order valence-electron chi connectivity index (χ3n) is 2.67. The Bertz CT molecular complexity index is 651. The van der Waals surface area contributed by atoms with Gasteiger partial charge >= 0.3 is 5.97 Å². The summed E-state index contributed by atoms with van der Waals surface area (Å²) >= 11 is 0. The smallest absolute Gasteiger partial charge is 0.328 e. The quantitative estimate of drug-likeness (QED) is 0.540. The summed E-state index contributed by atoms with van der Waals surface area (Å²) < 4.78 is 31.0. The molecule has 1 aromatic rings. The number of carboxylic acid groups (broad SMARTS) is 1. The molecule has 116 valence electrons. The highest BCUT2D eigenvalue weighted by atomic mass is 32.2. The van der Waals surface area contributed by atoms with Crippen molar-refractivity contribution < 1.29 is 28.0 Å². The van der Waals surface area contributed by atoms with Gasteiger partial charge in [0.2, 0.25) is 0 Å². The van der Waals surface area contributed by atoms with E-state index in [2.05, 4.69) is 4.99 Å². The summed E-state index contributed by atoms with van der Waals surface area (Å²) in [5, 5.41) is 18.7. The van der Waals surface area contributed by atoms with E-state index in [1.165, 1.54) is 0 Å². The fourth-order valence-corrected chi connectivity index (χ4v) is 2.15. The molecule has 1 atom stereocenters. The van der Waals surface area contributed by atoms with Crippen molar-refractivity contribution in [1.82, 2.24) is 0 Å². The van der Waals surface area contributed by atoms with Crippen LogP contribution in [0.1, 0.15) is 25.8 Å². The number of hydrogen-bond acceptors (Lipinski definition) is 5. The average molecular weight is 315 g/mol. The second-order valence-electron chi connectivity index (χ2n) is 4.96. The lowest BCUT2D eigenvalue weighted by molar-refractivity contribution is -0.138. The minimum atomic E-state index is -4.41. The average Bonchev–Trinajstić information content (AvgIpc) is 2.33. The van der Waals surface area contributed by atoms with Gasteiger partial charge in [0, 0.05) is 11.8 Å². The number of nitrogens with zero attached hydrogens (tertiary/aromatic N) is 1. The number of aliphatic imine (C=N–C) groups is 1. The topological polar surface area (TPSA) is 124 Å². The fourth-order valence-electron chi connectivity index (χ4n) is 1.64. The summed E-state index contributed by atoms with van der Waals surface area (Å²) in [6.07, 6.45) is 1.40. The van der Waals surface area contributed by atoms with Crippen LogP contribution in [0.4, 0.5) is 0 Å². The Hall–Kier alpha value is -1.93. The second kappa shape index (κ2) is 6.68. The Balaban J connectivity index is 3.10. The number of carbonyl (C=O) groups is 1. The van der Waals surface area contributed by atoms with Crippen LogP contribution in [0.3, 0.4) is 0 Å². The van der Waals surface area contributed by atoms with E-state index in [1.54, 1.807) is 0 Å². The monoisotopic (exact) mass is 315 g/mol. The normalized spacial score (nSPS) is 13.7. The first-order valence-electron chi connectivity index (χ1n) is 6.17. The predicted molar refractivity (Wildman–Crippen MR) is 76.4 cm³/mol. The lowest BCUT2D eigenvalue weighted by Crippen LogP contribution is -2.20. The Kier molecular flexibility index (Phi) is 5.45. The molecule has 0 saturated carbocycles. The number of rotatable bonds is 6.